The molecular weight excluding hydrogens is 537 g/mol. The van der Waals surface area contributed by atoms with Gasteiger partial charge >= 0.3 is 10.3 Å². The maximum absolute atomic E-state index is 13.0. The van der Waals surface area contributed by atoms with Gasteiger partial charge in [-0.2, -0.15) is 8.42 Å². The molecule has 1 aromatic carbocycles. The predicted octanol–water partition coefficient (Wildman–Crippen LogP) is 4.25. The number of hydrogen-bond acceptors (Lipinski definition) is 9. The first kappa shape index (κ1) is 24.9. The molecule has 3 heterocycles. The van der Waals surface area contributed by atoms with Gasteiger partial charge in [0.1, 0.15) is 10.8 Å². The SMILES string of the molecule is Cc1nc(CS(=O)(=O)NC(Cc2ccc(NS(=O)(=O)O)cc2)c2csc(-c3cccs3)n2)cs1. The van der Waals surface area contributed by atoms with Gasteiger partial charge in [0.25, 0.3) is 0 Å². The average molecular weight is 557 g/mol. The smallest absolute Gasteiger partial charge is 0.269 e. The van der Waals surface area contributed by atoms with E-state index in [0.29, 0.717) is 11.4 Å². The third-order valence-electron chi connectivity index (χ3n) is 4.58. The van der Waals surface area contributed by atoms with Crippen molar-refractivity contribution in [3.63, 3.8) is 0 Å². The number of benzene rings is 1. The lowest BCUT2D eigenvalue weighted by Crippen LogP contribution is -2.31. The normalized spacial score (nSPS) is 13.1. The van der Waals surface area contributed by atoms with Gasteiger partial charge in [0.05, 0.1) is 33.0 Å². The summed E-state index contributed by atoms with van der Waals surface area (Å²) in [5, 5.41) is 7.11. The van der Waals surface area contributed by atoms with Crippen molar-refractivity contribution in [2.75, 3.05) is 4.72 Å². The van der Waals surface area contributed by atoms with Crippen LogP contribution in [0.4, 0.5) is 5.69 Å². The maximum Gasteiger partial charge on any atom is 0.357 e. The molecule has 4 aromatic rings. The number of nitrogens with one attached hydrogen (secondary N) is 2. The summed E-state index contributed by atoms with van der Waals surface area (Å²) in [5.41, 5.74) is 2.01. The number of aryl methyl sites for hydroxylation is 1. The lowest BCUT2D eigenvalue weighted by Gasteiger charge is -2.17. The van der Waals surface area contributed by atoms with Gasteiger partial charge in [-0.1, -0.05) is 18.2 Å². The van der Waals surface area contributed by atoms with Crippen LogP contribution in [0.5, 0.6) is 0 Å². The molecule has 3 aromatic heterocycles. The number of aromatic nitrogens is 2. The second-order valence-corrected chi connectivity index (χ2v) is 13.1. The minimum absolute atomic E-state index is 0.191. The number of anilines is 1. The summed E-state index contributed by atoms with van der Waals surface area (Å²) in [6, 6.07) is 9.54. The first-order valence-electron chi connectivity index (χ1n) is 9.81. The Balaban J connectivity index is 1.58. The van der Waals surface area contributed by atoms with Crippen molar-refractivity contribution >= 4 is 60.0 Å². The molecule has 0 amide bonds. The van der Waals surface area contributed by atoms with E-state index in [2.05, 4.69) is 14.7 Å². The van der Waals surface area contributed by atoms with Crippen LogP contribution in [0, 0.1) is 6.92 Å². The van der Waals surface area contributed by atoms with Gasteiger partial charge in [-0.05, 0) is 42.5 Å². The van der Waals surface area contributed by atoms with Crippen molar-refractivity contribution in [1.29, 1.82) is 0 Å². The van der Waals surface area contributed by atoms with Gasteiger partial charge in [-0.3, -0.25) is 9.27 Å². The topological polar surface area (TPSA) is 138 Å². The van der Waals surface area contributed by atoms with Crippen molar-refractivity contribution in [3.05, 3.63) is 74.5 Å². The minimum atomic E-state index is -4.38. The van der Waals surface area contributed by atoms with Crippen molar-refractivity contribution in [3.8, 4) is 9.88 Å². The fourth-order valence-electron chi connectivity index (χ4n) is 3.19. The summed E-state index contributed by atoms with van der Waals surface area (Å²) in [6.07, 6.45) is 0.287. The Labute approximate surface area is 209 Å². The van der Waals surface area contributed by atoms with Crippen LogP contribution >= 0.6 is 34.0 Å². The number of sulfonamides is 1. The summed E-state index contributed by atoms with van der Waals surface area (Å²) in [4.78, 5) is 9.92. The summed E-state index contributed by atoms with van der Waals surface area (Å²) in [7, 11) is -8.11. The van der Waals surface area contributed by atoms with Crippen LogP contribution in [0.15, 0.2) is 52.5 Å². The lowest BCUT2D eigenvalue weighted by molar-refractivity contribution is 0.489. The van der Waals surface area contributed by atoms with Crippen molar-refractivity contribution in [2.24, 2.45) is 0 Å². The average Bonchev–Trinajstić information content (AvgIpc) is 3.49. The highest BCUT2D eigenvalue weighted by atomic mass is 32.2. The highest BCUT2D eigenvalue weighted by Crippen LogP contribution is 2.31. The van der Waals surface area contributed by atoms with E-state index in [-0.39, 0.29) is 17.9 Å². The first-order chi connectivity index (χ1) is 16.1. The fraction of sp³-hybridized carbons (Fsp3) is 0.200. The number of hydrogen-bond donors (Lipinski definition) is 3. The number of nitrogens with zero attached hydrogens (tertiary/aromatic N) is 2. The quantitative estimate of drug-likeness (QED) is 0.248. The van der Waals surface area contributed by atoms with Crippen molar-refractivity contribution < 1.29 is 21.4 Å². The molecule has 1 atom stereocenters. The molecule has 0 saturated carbocycles. The second kappa shape index (κ2) is 10.2. The number of thiophene rings is 1. The van der Waals surface area contributed by atoms with Crippen molar-refractivity contribution in [1.82, 2.24) is 14.7 Å². The van der Waals surface area contributed by atoms with Crippen molar-refractivity contribution in [2.45, 2.75) is 25.1 Å². The van der Waals surface area contributed by atoms with Gasteiger partial charge in [0.2, 0.25) is 10.0 Å². The number of thiazole rings is 2. The highest BCUT2D eigenvalue weighted by Gasteiger charge is 2.24. The molecule has 3 N–H and O–H groups in total. The molecule has 0 aliphatic carbocycles. The summed E-state index contributed by atoms with van der Waals surface area (Å²) < 4.78 is 61.6. The molecule has 0 saturated heterocycles. The molecule has 180 valence electrons. The molecule has 34 heavy (non-hydrogen) atoms. The van der Waals surface area contributed by atoms with E-state index in [9.17, 15) is 16.8 Å². The van der Waals surface area contributed by atoms with Crippen LogP contribution in [0.25, 0.3) is 9.88 Å². The van der Waals surface area contributed by atoms with Gasteiger partial charge in [0.15, 0.2) is 0 Å². The molecule has 0 bridgehead atoms. The van der Waals surface area contributed by atoms with Crippen LogP contribution in [0.1, 0.15) is 28.0 Å². The van der Waals surface area contributed by atoms with E-state index >= 15 is 0 Å². The van der Waals surface area contributed by atoms with Crippen LogP contribution in [-0.2, 0) is 32.5 Å². The Kier molecular flexibility index (Phi) is 7.47. The van der Waals surface area contributed by atoms with Gasteiger partial charge in [0, 0.05) is 10.8 Å². The zero-order chi connectivity index (χ0) is 24.3. The predicted molar refractivity (Wildman–Crippen MR) is 136 cm³/mol. The first-order valence-corrected chi connectivity index (χ1v) is 15.5. The van der Waals surface area contributed by atoms with E-state index < -0.39 is 26.4 Å². The Morgan fingerprint density at radius 1 is 1.00 bits per heavy atom. The Hall–Kier alpha value is -2.20. The monoisotopic (exact) mass is 556 g/mol. The molecular formula is C20H20N4O5S5. The fourth-order valence-corrected chi connectivity index (χ4v) is 7.29. The van der Waals surface area contributed by atoms with E-state index in [1.54, 1.807) is 28.8 Å². The second-order valence-electron chi connectivity index (χ2n) is 7.32. The Bertz CT molecular complexity index is 1460. The van der Waals surface area contributed by atoms with Crippen LogP contribution < -0.4 is 9.44 Å². The van der Waals surface area contributed by atoms with Gasteiger partial charge < -0.3 is 0 Å². The van der Waals surface area contributed by atoms with Gasteiger partial charge in [-0.25, -0.2) is 23.1 Å². The number of rotatable bonds is 10. The zero-order valence-electron chi connectivity index (χ0n) is 17.7. The highest BCUT2D eigenvalue weighted by molar-refractivity contribution is 7.88. The van der Waals surface area contributed by atoms with Gasteiger partial charge in [-0.15, -0.1) is 34.0 Å². The summed E-state index contributed by atoms with van der Waals surface area (Å²) in [5.74, 6) is -0.243. The molecule has 0 fully saturated rings. The summed E-state index contributed by atoms with van der Waals surface area (Å²) >= 11 is 4.38. The van der Waals surface area contributed by atoms with Crippen LogP contribution in [0.2, 0.25) is 0 Å². The third kappa shape index (κ3) is 6.91. The maximum atomic E-state index is 13.0. The zero-order valence-corrected chi connectivity index (χ0v) is 21.8. The molecule has 4 rings (SSSR count). The standard InChI is InChI=1S/C20H20N4O5S5/c1-13-21-16(10-31-13)12-33(25,26)24-17(18-11-32-20(22-18)19-3-2-8-30-19)9-14-4-6-15(7-5-14)23-34(27,28)29/h2-8,10-11,17,23-24H,9,12H2,1H3,(H,27,28,29). The molecule has 0 aliphatic heterocycles. The largest absolute Gasteiger partial charge is 0.357 e. The molecule has 9 nitrogen and oxygen atoms in total. The van der Waals surface area contributed by atoms with Crippen LogP contribution in [-0.4, -0.2) is 31.4 Å². The third-order valence-corrected chi connectivity index (χ3v) is 9.11. The summed E-state index contributed by atoms with van der Waals surface area (Å²) in [6.45, 7) is 1.82. The van der Waals surface area contributed by atoms with E-state index in [0.717, 1.165) is 20.5 Å². The Morgan fingerprint density at radius 2 is 1.76 bits per heavy atom. The van der Waals surface area contributed by atoms with Crippen LogP contribution in [0.3, 0.4) is 0 Å². The van der Waals surface area contributed by atoms with E-state index in [1.807, 2.05) is 34.5 Å². The molecule has 0 radical (unpaired) electrons. The van der Waals surface area contributed by atoms with E-state index in [1.165, 1.54) is 34.8 Å². The molecule has 0 aliphatic rings. The minimum Gasteiger partial charge on any atom is -0.269 e. The molecule has 14 heteroatoms. The Morgan fingerprint density at radius 3 is 2.38 bits per heavy atom. The lowest BCUT2D eigenvalue weighted by atomic mass is 10.0. The molecule has 1 unspecified atom stereocenters. The van der Waals surface area contributed by atoms with E-state index in [4.69, 9.17) is 4.55 Å². The molecule has 0 spiro atoms.